The van der Waals surface area contributed by atoms with Crippen molar-refractivity contribution in [2.24, 2.45) is 5.92 Å². The molecule has 1 fully saturated rings. The van der Waals surface area contributed by atoms with Gasteiger partial charge in [-0.2, -0.15) is 13.2 Å². The molecule has 2 aromatic rings. The zero-order valence-corrected chi connectivity index (χ0v) is 14.3. The maximum Gasteiger partial charge on any atom is 0.406 e. The molecule has 1 atom stereocenters. The highest BCUT2D eigenvalue weighted by molar-refractivity contribution is 5.97. The quantitative estimate of drug-likeness (QED) is 0.834. The van der Waals surface area contributed by atoms with E-state index in [0.29, 0.717) is 10.6 Å². The number of carbonyl (C=O) groups excluding carboxylic acids is 2. The molecule has 0 radical (unpaired) electrons. The van der Waals surface area contributed by atoms with E-state index in [1.165, 1.54) is 0 Å². The predicted molar refractivity (Wildman–Crippen MR) is 95.5 cm³/mol. The molecule has 3 rings (SSSR count). The van der Waals surface area contributed by atoms with Crippen LogP contribution in [-0.4, -0.2) is 36.0 Å². The van der Waals surface area contributed by atoms with Gasteiger partial charge in [-0.1, -0.05) is 18.2 Å². The lowest BCUT2D eigenvalue weighted by atomic mass is 10.1. The molecule has 1 saturated heterocycles. The molecule has 5 nitrogen and oxygen atoms in total. The number of anilines is 3. The van der Waals surface area contributed by atoms with Crippen LogP contribution in [0.15, 0.2) is 54.6 Å². The van der Waals surface area contributed by atoms with Crippen molar-refractivity contribution in [3.8, 4) is 0 Å². The third kappa shape index (κ3) is 5.22. The molecule has 0 bridgehead atoms. The largest absolute Gasteiger partial charge is 0.406 e. The van der Waals surface area contributed by atoms with Gasteiger partial charge in [-0.3, -0.25) is 9.59 Å². The normalized spacial score (nSPS) is 17.1. The van der Waals surface area contributed by atoms with Gasteiger partial charge in [-0.15, -0.1) is 0 Å². The van der Waals surface area contributed by atoms with Crippen molar-refractivity contribution in [2.75, 3.05) is 23.7 Å². The Balaban J connectivity index is 1.56. The number of nitrogens with zero attached hydrogens (tertiary/aromatic N) is 1. The molecule has 1 aliphatic rings. The van der Waals surface area contributed by atoms with Crippen LogP contribution in [0.5, 0.6) is 0 Å². The van der Waals surface area contributed by atoms with Gasteiger partial charge in [-0.05, 0) is 36.4 Å². The van der Waals surface area contributed by atoms with Crippen LogP contribution >= 0.6 is 0 Å². The van der Waals surface area contributed by atoms with E-state index >= 15 is 0 Å². The minimum Gasteiger partial charge on any atom is -0.356 e. The Kier molecular flexibility index (Phi) is 5.34. The smallest absolute Gasteiger partial charge is 0.356 e. The third-order valence-corrected chi connectivity index (χ3v) is 4.17. The summed E-state index contributed by atoms with van der Waals surface area (Å²) in [5.74, 6) is -1.91. The van der Waals surface area contributed by atoms with Gasteiger partial charge in [0.15, 0.2) is 0 Å². The molecule has 1 unspecified atom stereocenters. The topological polar surface area (TPSA) is 61.4 Å². The molecule has 0 aromatic heterocycles. The van der Waals surface area contributed by atoms with Gasteiger partial charge in [0, 0.05) is 30.0 Å². The average molecular weight is 377 g/mol. The number of hydrogen-bond donors (Lipinski definition) is 2. The van der Waals surface area contributed by atoms with Crippen LogP contribution in [0.25, 0.3) is 0 Å². The number of hydrogen-bond acceptors (Lipinski definition) is 3. The standard InChI is InChI=1S/C19H18F3N3O2/c20-19(21,22)12-25-11-13(10-17(25)26)18(27)24-16-8-6-15(7-9-16)23-14-4-2-1-3-5-14/h1-9,13,23H,10-12H2,(H,24,27). The Bertz CT molecular complexity index is 807. The van der Waals surface area contributed by atoms with E-state index in [1.54, 1.807) is 24.3 Å². The highest BCUT2D eigenvalue weighted by atomic mass is 19.4. The highest BCUT2D eigenvalue weighted by Crippen LogP contribution is 2.25. The van der Waals surface area contributed by atoms with E-state index < -0.39 is 30.5 Å². The number of amides is 2. The first-order valence-corrected chi connectivity index (χ1v) is 8.38. The van der Waals surface area contributed by atoms with Crippen LogP contribution in [0, 0.1) is 5.92 Å². The summed E-state index contributed by atoms with van der Waals surface area (Å²) < 4.78 is 37.3. The minimum absolute atomic E-state index is 0.213. The average Bonchev–Trinajstić information content (AvgIpc) is 2.97. The van der Waals surface area contributed by atoms with Gasteiger partial charge in [-0.25, -0.2) is 0 Å². The first-order chi connectivity index (χ1) is 12.8. The van der Waals surface area contributed by atoms with E-state index in [9.17, 15) is 22.8 Å². The minimum atomic E-state index is -4.47. The number of carbonyl (C=O) groups is 2. The molecule has 2 N–H and O–H groups in total. The summed E-state index contributed by atoms with van der Waals surface area (Å²) in [6, 6.07) is 16.5. The highest BCUT2D eigenvalue weighted by Gasteiger charge is 2.40. The van der Waals surface area contributed by atoms with Crippen molar-refractivity contribution < 1.29 is 22.8 Å². The third-order valence-electron chi connectivity index (χ3n) is 4.17. The number of halogens is 3. The van der Waals surface area contributed by atoms with Gasteiger partial charge in [0.1, 0.15) is 6.54 Å². The van der Waals surface area contributed by atoms with Crippen molar-refractivity contribution in [3.63, 3.8) is 0 Å². The van der Waals surface area contributed by atoms with Gasteiger partial charge in [0.25, 0.3) is 0 Å². The zero-order chi connectivity index (χ0) is 19.4. The molecular weight excluding hydrogens is 359 g/mol. The summed E-state index contributed by atoms with van der Waals surface area (Å²) in [7, 11) is 0. The second-order valence-corrected chi connectivity index (χ2v) is 6.35. The summed E-state index contributed by atoms with van der Waals surface area (Å²) >= 11 is 0. The van der Waals surface area contributed by atoms with Gasteiger partial charge >= 0.3 is 6.18 Å². The Morgan fingerprint density at radius 3 is 2.22 bits per heavy atom. The second-order valence-electron chi connectivity index (χ2n) is 6.35. The molecule has 0 spiro atoms. The van der Waals surface area contributed by atoms with Crippen molar-refractivity contribution in [3.05, 3.63) is 54.6 Å². The lowest BCUT2D eigenvalue weighted by Crippen LogP contribution is -2.36. The Morgan fingerprint density at radius 2 is 1.59 bits per heavy atom. The van der Waals surface area contributed by atoms with Gasteiger partial charge in [0.2, 0.25) is 11.8 Å². The Morgan fingerprint density at radius 1 is 1.00 bits per heavy atom. The van der Waals surface area contributed by atoms with Crippen LogP contribution in [0.3, 0.4) is 0 Å². The maximum atomic E-state index is 12.4. The summed E-state index contributed by atoms with van der Waals surface area (Å²) in [4.78, 5) is 24.6. The van der Waals surface area contributed by atoms with Gasteiger partial charge < -0.3 is 15.5 Å². The van der Waals surface area contributed by atoms with E-state index in [1.807, 2.05) is 30.3 Å². The van der Waals surface area contributed by atoms with Crippen LogP contribution in [-0.2, 0) is 9.59 Å². The van der Waals surface area contributed by atoms with E-state index in [2.05, 4.69) is 10.6 Å². The Hall–Kier alpha value is -3.03. The summed E-state index contributed by atoms with van der Waals surface area (Å²) in [5, 5.41) is 5.85. The molecule has 1 heterocycles. The monoisotopic (exact) mass is 377 g/mol. The number of rotatable bonds is 5. The lowest BCUT2D eigenvalue weighted by molar-refractivity contribution is -0.157. The molecule has 2 amide bonds. The van der Waals surface area contributed by atoms with Crippen molar-refractivity contribution in [1.29, 1.82) is 0 Å². The summed E-state index contributed by atoms with van der Waals surface area (Å²) in [5.41, 5.74) is 2.26. The fourth-order valence-corrected chi connectivity index (χ4v) is 2.89. The number of alkyl halides is 3. The van der Waals surface area contributed by atoms with E-state index in [4.69, 9.17) is 0 Å². The Labute approximate surface area is 154 Å². The molecular formula is C19H18F3N3O2. The lowest BCUT2D eigenvalue weighted by Gasteiger charge is -2.18. The van der Waals surface area contributed by atoms with Crippen LogP contribution in [0.4, 0.5) is 30.2 Å². The molecule has 2 aromatic carbocycles. The fraction of sp³-hybridized carbons (Fsp3) is 0.263. The van der Waals surface area contributed by atoms with Crippen molar-refractivity contribution in [1.82, 2.24) is 4.90 Å². The predicted octanol–water partition coefficient (Wildman–Crippen LogP) is 3.78. The molecule has 0 aliphatic carbocycles. The summed E-state index contributed by atoms with van der Waals surface area (Å²) in [6.07, 6.45) is -4.68. The van der Waals surface area contributed by atoms with Crippen LogP contribution < -0.4 is 10.6 Å². The number of likely N-dealkylation sites (tertiary alicyclic amines) is 1. The first-order valence-electron chi connectivity index (χ1n) is 8.38. The van der Waals surface area contributed by atoms with E-state index in [-0.39, 0.29) is 13.0 Å². The molecule has 8 heteroatoms. The van der Waals surface area contributed by atoms with E-state index in [0.717, 1.165) is 11.4 Å². The number of benzene rings is 2. The zero-order valence-electron chi connectivity index (χ0n) is 14.3. The van der Waals surface area contributed by atoms with Crippen molar-refractivity contribution >= 4 is 28.9 Å². The number of para-hydroxylation sites is 1. The van der Waals surface area contributed by atoms with Crippen LogP contribution in [0.2, 0.25) is 0 Å². The second kappa shape index (κ2) is 7.69. The SMILES string of the molecule is O=C(Nc1ccc(Nc2ccccc2)cc1)C1CC(=O)N(CC(F)(F)F)C1. The molecule has 142 valence electrons. The first kappa shape index (κ1) is 18.8. The number of nitrogens with one attached hydrogen (secondary N) is 2. The summed E-state index contributed by atoms with van der Waals surface area (Å²) in [6.45, 7) is -1.55. The van der Waals surface area contributed by atoms with Gasteiger partial charge in [0.05, 0.1) is 5.92 Å². The maximum absolute atomic E-state index is 12.4. The molecule has 1 aliphatic heterocycles. The van der Waals surface area contributed by atoms with Crippen molar-refractivity contribution in [2.45, 2.75) is 12.6 Å². The van der Waals surface area contributed by atoms with Crippen LogP contribution in [0.1, 0.15) is 6.42 Å². The molecule has 0 saturated carbocycles. The molecule has 27 heavy (non-hydrogen) atoms. The fourth-order valence-electron chi connectivity index (χ4n) is 2.89.